The average Bonchev–Trinajstić information content (AvgIpc) is 2.67. The molecule has 0 radical (unpaired) electrons. The Kier molecular flexibility index (Phi) is 4.58. The van der Waals surface area contributed by atoms with E-state index in [0.29, 0.717) is 0 Å². The highest BCUT2D eigenvalue weighted by Crippen LogP contribution is 2.20. The number of nitrogens with one attached hydrogen (secondary N) is 2. The van der Waals surface area contributed by atoms with Crippen LogP contribution in [0.3, 0.4) is 0 Å². The molecule has 3 nitrogen and oxygen atoms in total. The van der Waals surface area contributed by atoms with Crippen molar-refractivity contribution >= 4 is 5.91 Å². The van der Waals surface area contributed by atoms with E-state index in [1.54, 1.807) is 0 Å². The van der Waals surface area contributed by atoms with Gasteiger partial charge in [0.2, 0.25) is 5.91 Å². The van der Waals surface area contributed by atoms with Crippen molar-refractivity contribution in [3.05, 3.63) is 0 Å². The molecule has 1 amide bonds. The van der Waals surface area contributed by atoms with Gasteiger partial charge < -0.3 is 10.6 Å². The maximum atomic E-state index is 11.7. The number of carbonyl (C=O) groups excluding carboxylic acids is 1. The van der Waals surface area contributed by atoms with Gasteiger partial charge in [-0.25, -0.2) is 0 Å². The first kappa shape index (κ1) is 12.5. The molecule has 1 unspecified atom stereocenters. The molecule has 2 N–H and O–H groups in total. The highest BCUT2D eigenvalue weighted by atomic mass is 16.2. The first-order valence-corrected chi connectivity index (χ1v) is 6.06. The minimum absolute atomic E-state index is 0.0578. The summed E-state index contributed by atoms with van der Waals surface area (Å²) < 4.78 is 0. The SMILES string of the molecule is CCCC(C)(C)CNC(=O)C1CCCN1. The van der Waals surface area contributed by atoms with Gasteiger partial charge in [-0.2, -0.15) is 0 Å². The van der Waals surface area contributed by atoms with Gasteiger partial charge in [-0.3, -0.25) is 4.79 Å². The smallest absolute Gasteiger partial charge is 0.237 e. The quantitative estimate of drug-likeness (QED) is 0.728. The van der Waals surface area contributed by atoms with E-state index in [-0.39, 0.29) is 17.4 Å². The highest BCUT2D eigenvalue weighted by molar-refractivity contribution is 5.82. The molecular formula is C12H24N2O. The molecule has 1 rings (SSSR count). The van der Waals surface area contributed by atoms with Gasteiger partial charge in [0.1, 0.15) is 0 Å². The summed E-state index contributed by atoms with van der Waals surface area (Å²) in [7, 11) is 0. The molecule has 0 spiro atoms. The van der Waals surface area contributed by atoms with Crippen LogP contribution in [0.2, 0.25) is 0 Å². The topological polar surface area (TPSA) is 41.1 Å². The van der Waals surface area contributed by atoms with Crippen LogP contribution < -0.4 is 10.6 Å². The van der Waals surface area contributed by atoms with Crippen molar-refractivity contribution in [1.29, 1.82) is 0 Å². The Morgan fingerprint density at radius 2 is 2.27 bits per heavy atom. The summed E-state index contributed by atoms with van der Waals surface area (Å²) in [6.45, 7) is 8.37. The average molecular weight is 212 g/mol. The van der Waals surface area contributed by atoms with Gasteiger partial charge in [-0.1, -0.05) is 27.2 Å². The second kappa shape index (κ2) is 5.50. The van der Waals surface area contributed by atoms with Crippen molar-refractivity contribution in [2.45, 2.75) is 52.5 Å². The Bertz CT molecular complexity index is 208. The fourth-order valence-electron chi connectivity index (χ4n) is 2.12. The molecule has 1 fully saturated rings. The van der Waals surface area contributed by atoms with Gasteiger partial charge in [0.15, 0.2) is 0 Å². The van der Waals surface area contributed by atoms with Gasteiger partial charge >= 0.3 is 0 Å². The van der Waals surface area contributed by atoms with Crippen LogP contribution in [0.5, 0.6) is 0 Å². The molecule has 15 heavy (non-hydrogen) atoms. The maximum Gasteiger partial charge on any atom is 0.237 e. The molecular weight excluding hydrogens is 188 g/mol. The molecule has 88 valence electrons. The monoisotopic (exact) mass is 212 g/mol. The van der Waals surface area contributed by atoms with Crippen LogP contribution in [0.15, 0.2) is 0 Å². The number of amides is 1. The van der Waals surface area contributed by atoms with Crippen LogP contribution >= 0.6 is 0 Å². The van der Waals surface area contributed by atoms with Crippen LogP contribution in [-0.4, -0.2) is 25.0 Å². The minimum Gasteiger partial charge on any atom is -0.354 e. The summed E-state index contributed by atoms with van der Waals surface area (Å²) in [5.74, 6) is 0.177. The zero-order valence-corrected chi connectivity index (χ0v) is 10.2. The highest BCUT2D eigenvalue weighted by Gasteiger charge is 2.24. The van der Waals surface area contributed by atoms with E-state index in [0.717, 1.165) is 32.4 Å². The summed E-state index contributed by atoms with van der Waals surface area (Å²) in [6.07, 6.45) is 4.44. The Morgan fingerprint density at radius 3 is 2.80 bits per heavy atom. The third-order valence-corrected chi connectivity index (χ3v) is 3.04. The molecule has 1 aliphatic heterocycles. The number of hydrogen-bond donors (Lipinski definition) is 2. The van der Waals surface area contributed by atoms with Crippen molar-refractivity contribution in [2.24, 2.45) is 5.41 Å². The Hall–Kier alpha value is -0.570. The predicted molar refractivity (Wildman–Crippen MR) is 62.7 cm³/mol. The van der Waals surface area contributed by atoms with E-state index in [1.165, 1.54) is 6.42 Å². The lowest BCUT2D eigenvalue weighted by molar-refractivity contribution is -0.123. The Balaban J connectivity index is 2.26. The molecule has 0 bridgehead atoms. The lowest BCUT2D eigenvalue weighted by Gasteiger charge is -2.25. The zero-order chi connectivity index (χ0) is 11.3. The minimum atomic E-state index is 0.0578. The summed E-state index contributed by atoms with van der Waals surface area (Å²) in [6, 6.07) is 0.0578. The van der Waals surface area contributed by atoms with E-state index in [4.69, 9.17) is 0 Å². The van der Waals surface area contributed by atoms with Crippen LogP contribution in [-0.2, 0) is 4.79 Å². The molecule has 1 aliphatic rings. The van der Waals surface area contributed by atoms with Gasteiger partial charge in [0.25, 0.3) is 0 Å². The van der Waals surface area contributed by atoms with Crippen LogP contribution in [0.4, 0.5) is 0 Å². The zero-order valence-electron chi connectivity index (χ0n) is 10.2. The maximum absolute atomic E-state index is 11.7. The van der Waals surface area contributed by atoms with Gasteiger partial charge in [0.05, 0.1) is 6.04 Å². The van der Waals surface area contributed by atoms with Crippen molar-refractivity contribution in [1.82, 2.24) is 10.6 Å². The van der Waals surface area contributed by atoms with E-state index in [2.05, 4.69) is 31.4 Å². The summed E-state index contributed by atoms with van der Waals surface area (Å²) in [4.78, 5) is 11.7. The second-order valence-corrected chi connectivity index (χ2v) is 5.28. The summed E-state index contributed by atoms with van der Waals surface area (Å²) in [5.41, 5.74) is 0.225. The molecule has 0 aliphatic carbocycles. The first-order valence-electron chi connectivity index (χ1n) is 6.06. The van der Waals surface area contributed by atoms with Crippen LogP contribution in [0.25, 0.3) is 0 Å². The van der Waals surface area contributed by atoms with E-state index in [1.807, 2.05) is 0 Å². The van der Waals surface area contributed by atoms with Crippen molar-refractivity contribution in [2.75, 3.05) is 13.1 Å². The third-order valence-electron chi connectivity index (χ3n) is 3.04. The number of carbonyl (C=O) groups is 1. The van der Waals surface area contributed by atoms with Crippen molar-refractivity contribution in [3.63, 3.8) is 0 Å². The lowest BCUT2D eigenvalue weighted by atomic mass is 9.88. The molecule has 0 aromatic carbocycles. The molecule has 1 saturated heterocycles. The number of hydrogen-bond acceptors (Lipinski definition) is 2. The van der Waals surface area contributed by atoms with Crippen LogP contribution in [0.1, 0.15) is 46.5 Å². The lowest BCUT2D eigenvalue weighted by Crippen LogP contribution is -2.43. The molecule has 1 heterocycles. The van der Waals surface area contributed by atoms with Crippen LogP contribution in [0, 0.1) is 5.41 Å². The third kappa shape index (κ3) is 4.20. The van der Waals surface area contributed by atoms with Gasteiger partial charge in [-0.05, 0) is 31.2 Å². The van der Waals surface area contributed by atoms with E-state index < -0.39 is 0 Å². The molecule has 3 heteroatoms. The van der Waals surface area contributed by atoms with Crippen molar-refractivity contribution in [3.8, 4) is 0 Å². The molecule has 0 aromatic rings. The fraction of sp³-hybridized carbons (Fsp3) is 0.917. The van der Waals surface area contributed by atoms with Gasteiger partial charge in [0, 0.05) is 6.54 Å². The summed E-state index contributed by atoms with van der Waals surface area (Å²) >= 11 is 0. The fourth-order valence-corrected chi connectivity index (χ4v) is 2.12. The standard InChI is InChI=1S/C12H24N2O/c1-4-7-12(2,3)9-14-11(15)10-6-5-8-13-10/h10,13H,4-9H2,1-3H3,(H,14,15). The summed E-state index contributed by atoms with van der Waals surface area (Å²) in [5, 5.41) is 6.26. The van der Waals surface area contributed by atoms with E-state index in [9.17, 15) is 4.79 Å². The molecule has 1 atom stereocenters. The molecule has 0 aromatic heterocycles. The Labute approximate surface area is 93.0 Å². The van der Waals surface area contributed by atoms with Crippen molar-refractivity contribution < 1.29 is 4.79 Å². The second-order valence-electron chi connectivity index (χ2n) is 5.28. The largest absolute Gasteiger partial charge is 0.354 e. The molecule has 0 saturated carbocycles. The first-order chi connectivity index (χ1) is 7.05. The van der Waals surface area contributed by atoms with E-state index >= 15 is 0 Å². The number of rotatable bonds is 5. The normalized spacial score (nSPS) is 21.7. The Morgan fingerprint density at radius 1 is 1.53 bits per heavy atom. The van der Waals surface area contributed by atoms with Gasteiger partial charge in [-0.15, -0.1) is 0 Å². The predicted octanol–water partition coefficient (Wildman–Crippen LogP) is 1.68.